The summed E-state index contributed by atoms with van der Waals surface area (Å²) in [4.78, 5) is 22.0. The molecular weight excluding hydrogens is 396 g/mol. The molecule has 0 aliphatic heterocycles. The molecule has 1 atom stereocenters. The lowest BCUT2D eigenvalue weighted by Gasteiger charge is -2.14. The van der Waals surface area contributed by atoms with Gasteiger partial charge >= 0.3 is 5.69 Å². The zero-order valence-electron chi connectivity index (χ0n) is 19.1. The van der Waals surface area contributed by atoms with Crippen LogP contribution in [0.4, 0.5) is 5.69 Å². The Balaban J connectivity index is 2.27. The van der Waals surface area contributed by atoms with Gasteiger partial charge < -0.3 is 14.6 Å². The number of carbonyl (C=O) groups excluding carboxylic acids is 1. The smallest absolute Gasteiger partial charge is 0.323 e. The van der Waals surface area contributed by atoms with Crippen molar-refractivity contribution in [2.45, 2.75) is 96.4 Å². The van der Waals surface area contributed by atoms with E-state index in [1.807, 2.05) is 0 Å². The molecular formula is C24H38N2O5. The molecule has 0 fully saturated rings. The van der Waals surface area contributed by atoms with Crippen LogP contribution in [-0.4, -0.2) is 18.0 Å². The first-order valence-electron chi connectivity index (χ1n) is 11.6. The van der Waals surface area contributed by atoms with E-state index >= 15 is 0 Å². The van der Waals surface area contributed by atoms with Crippen molar-refractivity contribution < 1.29 is 24.1 Å². The number of aromatic nitrogens is 1. The Labute approximate surface area is 186 Å². The minimum atomic E-state index is -1.20. The summed E-state index contributed by atoms with van der Waals surface area (Å²) in [6.45, 7) is 2.24. The Bertz CT molecular complexity index is 691. The summed E-state index contributed by atoms with van der Waals surface area (Å²) < 4.78 is 6.44. The number of unbranched alkanes of at least 4 members (excludes halogenated alkanes) is 10. The topological polar surface area (TPSA) is 96.4 Å². The molecule has 1 rings (SSSR count). The lowest BCUT2D eigenvalue weighted by molar-refractivity contribution is -0.717. The third kappa shape index (κ3) is 10.9. The molecule has 1 aromatic heterocycles. The van der Waals surface area contributed by atoms with Gasteiger partial charge in [-0.05, 0) is 32.1 Å². The summed E-state index contributed by atoms with van der Waals surface area (Å²) in [5, 5.41) is 22.6. The van der Waals surface area contributed by atoms with Crippen molar-refractivity contribution in [2.75, 3.05) is 7.11 Å². The first kappa shape index (κ1) is 26.6. The molecule has 0 amide bonds. The molecule has 0 aromatic carbocycles. The van der Waals surface area contributed by atoms with Crippen LogP contribution in [0, 0.1) is 10.1 Å². The number of rotatable bonds is 18. The fraction of sp³-hybridized carbons (Fsp3) is 0.667. The lowest BCUT2D eigenvalue weighted by Crippen LogP contribution is -2.49. The summed E-state index contributed by atoms with van der Waals surface area (Å²) in [5.74, 6) is -1.16. The van der Waals surface area contributed by atoms with Gasteiger partial charge in [-0.2, -0.15) is 4.57 Å². The molecule has 0 aliphatic rings. The van der Waals surface area contributed by atoms with Gasteiger partial charge in [0.1, 0.15) is 5.97 Å². The van der Waals surface area contributed by atoms with Crippen molar-refractivity contribution in [3.05, 3.63) is 40.7 Å². The van der Waals surface area contributed by atoms with E-state index < -0.39 is 16.9 Å². The normalized spacial score (nSPS) is 12.2. The minimum absolute atomic E-state index is 0.0338. The molecule has 0 aliphatic carbocycles. The number of nitrogens with zero attached hydrogens (tertiary/aromatic N) is 2. The van der Waals surface area contributed by atoms with Crippen LogP contribution < -0.4 is 14.4 Å². The summed E-state index contributed by atoms with van der Waals surface area (Å²) in [6.07, 6.45) is 21.7. The highest BCUT2D eigenvalue weighted by Crippen LogP contribution is 2.24. The number of ether oxygens (including phenoxy) is 1. The molecule has 31 heavy (non-hydrogen) atoms. The number of carboxylic acids is 1. The van der Waals surface area contributed by atoms with Crippen LogP contribution in [0.3, 0.4) is 0 Å². The molecule has 0 spiro atoms. The molecule has 0 saturated carbocycles. The molecule has 0 radical (unpaired) electrons. The summed E-state index contributed by atoms with van der Waals surface area (Å²) in [6, 6.07) is 0.388. The van der Waals surface area contributed by atoms with Crippen molar-refractivity contribution in [3.8, 4) is 5.75 Å². The van der Waals surface area contributed by atoms with Crippen molar-refractivity contribution in [2.24, 2.45) is 0 Å². The van der Waals surface area contributed by atoms with E-state index in [-0.39, 0.29) is 11.4 Å². The van der Waals surface area contributed by atoms with Gasteiger partial charge in [-0.25, -0.2) is 0 Å². The molecule has 7 nitrogen and oxygen atoms in total. The number of nitro groups is 1. The predicted molar refractivity (Wildman–Crippen MR) is 119 cm³/mol. The van der Waals surface area contributed by atoms with Gasteiger partial charge in [0.25, 0.3) is 5.75 Å². The highest BCUT2D eigenvalue weighted by Gasteiger charge is 2.25. The minimum Gasteiger partial charge on any atom is -0.543 e. The van der Waals surface area contributed by atoms with E-state index in [1.165, 1.54) is 68.7 Å². The van der Waals surface area contributed by atoms with Crippen LogP contribution in [0.5, 0.6) is 5.75 Å². The highest BCUT2D eigenvalue weighted by atomic mass is 16.6. The van der Waals surface area contributed by atoms with Crippen molar-refractivity contribution >= 4 is 11.7 Å². The maximum Gasteiger partial charge on any atom is 0.323 e. The number of methoxy groups -OCH3 is 1. The Morgan fingerprint density at radius 1 is 1.06 bits per heavy atom. The standard InChI is InChI=1S/C24H38N2O5/c1-3-4-5-6-7-8-9-10-11-12-13-14-15-16-17-22(24(27)28)25-19-18-21(26(29)30)23(20-25)31-2/h10-11,18-20,22H,3-9,12-17H2,1-2H3/b11-10-. The average molecular weight is 435 g/mol. The van der Waals surface area contributed by atoms with Crippen LogP contribution in [0.15, 0.2) is 30.6 Å². The maximum atomic E-state index is 11.6. The molecule has 7 heteroatoms. The van der Waals surface area contributed by atoms with E-state index in [2.05, 4.69) is 19.1 Å². The Kier molecular flexibility index (Phi) is 14.0. The molecule has 0 bridgehead atoms. The summed E-state index contributed by atoms with van der Waals surface area (Å²) in [7, 11) is 1.32. The molecule has 1 heterocycles. The van der Waals surface area contributed by atoms with Gasteiger partial charge in [-0.1, -0.05) is 64.0 Å². The Morgan fingerprint density at radius 2 is 1.65 bits per heavy atom. The van der Waals surface area contributed by atoms with Gasteiger partial charge in [-0.15, -0.1) is 0 Å². The van der Waals surface area contributed by atoms with Gasteiger partial charge in [0.2, 0.25) is 6.20 Å². The molecule has 1 aromatic rings. The first-order chi connectivity index (χ1) is 15.0. The van der Waals surface area contributed by atoms with Crippen LogP contribution in [0.2, 0.25) is 0 Å². The van der Waals surface area contributed by atoms with Gasteiger partial charge in [0.15, 0.2) is 12.2 Å². The fourth-order valence-electron chi connectivity index (χ4n) is 3.61. The van der Waals surface area contributed by atoms with Gasteiger partial charge in [-0.3, -0.25) is 10.1 Å². The number of hydrogen-bond acceptors (Lipinski definition) is 5. The quantitative estimate of drug-likeness (QED) is 0.108. The van der Waals surface area contributed by atoms with E-state index in [9.17, 15) is 20.0 Å². The van der Waals surface area contributed by atoms with E-state index in [0.29, 0.717) is 6.42 Å². The van der Waals surface area contributed by atoms with Crippen LogP contribution in [-0.2, 0) is 4.79 Å². The van der Waals surface area contributed by atoms with Crippen LogP contribution in [0.25, 0.3) is 0 Å². The third-order valence-corrected chi connectivity index (χ3v) is 5.46. The first-order valence-corrected chi connectivity index (χ1v) is 11.6. The highest BCUT2D eigenvalue weighted by molar-refractivity contribution is 5.67. The van der Waals surface area contributed by atoms with Crippen molar-refractivity contribution in [1.29, 1.82) is 0 Å². The zero-order valence-corrected chi connectivity index (χ0v) is 19.1. The van der Waals surface area contributed by atoms with Gasteiger partial charge in [0.05, 0.1) is 18.1 Å². The van der Waals surface area contributed by atoms with E-state index in [4.69, 9.17) is 4.74 Å². The summed E-state index contributed by atoms with van der Waals surface area (Å²) >= 11 is 0. The van der Waals surface area contributed by atoms with E-state index in [1.54, 1.807) is 0 Å². The maximum absolute atomic E-state index is 11.6. The molecule has 1 unspecified atom stereocenters. The van der Waals surface area contributed by atoms with Crippen molar-refractivity contribution in [3.63, 3.8) is 0 Å². The second-order valence-electron chi connectivity index (χ2n) is 7.96. The molecule has 0 N–H and O–H groups in total. The Morgan fingerprint density at radius 3 is 2.19 bits per heavy atom. The van der Waals surface area contributed by atoms with Crippen LogP contribution >= 0.6 is 0 Å². The number of allylic oxidation sites excluding steroid dienone is 2. The molecule has 174 valence electrons. The predicted octanol–water partition coefficient (Wildman–Crippen LogP) is 4.83. The number of pyridine rings is 1. The second kappa shape index (κ2) is 16.3. The monoisotopic (exact) mass is 434 g/mol. The number of carboxylic acid groups (broad SMARTS) is 1. The zero-order chi connectivity index (χ0) is 22.9. The number of carbonyl (C=O) groups is 1. The third-order valence-electron chi connectivity index (χ3n) is 5.46. The van der Waals surface area contributed by atoms with Gasteiger partial charge in [0, 0.05) is 6.42 Å². The largest absolute Gasteiger partial charge is 0.543 e. The number of hydrogen-bond donors (Lipinski definition) is 0. The van der Waals surface area contributed by atoms with Crippen LogP contribution in [0.1, 0.15) is 96.4 Å². The Hall–Kier alpha value is -2.44. The average Bonchev–Trinajstić information content (AvgIpc) is 2.75. The second-order valence-corrected chi connectivity index (χ2v) is 7.96. The van der Waals surface area contributed by atoms with E-state index in [0.717, 1.165) is 38.5 Å². The summed E-state index contributed by atoms with van der Waals surface area (Å²) in [5.41, 5.74) is -0.194. The SMILES string of the molecule is CCCCCCCC/C=C\CCCCCCC(C(=O)[O-])[n+]1ccc([N+](=O)[O-])c(OC)c1. The fourth-order valence-corrected chi connectivity index (χ4v) is 3.61. The van der Waals surface area contributed by atoms with Crippen molar-refractivity contribution in [1.82, 2.24) is 0 Å². The number of aliphatic carboxylic acids is 1. The molecule has 0 saturated heterocycles. The lowest BCUT2D eigenvalue weighted by atomic mass is 10.1.